The van der Waals surface area contributed by atoms with Crippen molar-refractivity contribution in [3.63, 3.8) is 0 Å². The Morgan fingerprint density at radius 3 is 2.96 bits per heavy atom. The van der Waals surface area contributed by atoms with E-state index in [0.29, 0.717) is 38.4 Å². The van der Waals surface area contributed by atoms with Gasteiger partial charge >= 0.3 is 0 Å². The molecule has 7 nitrogen and oxygen atoms in total. The molecule has 7 heteroatoms. The molecule has 144 valence electrons. The first-order valence-electron chi connectivity index (χ1n) is 9.72. The first-order chi connectivity index (χ1) is 13.8. The first kappa shape index (κ1) is 17.2. The lowest BCUT2D eigenvalue weighted by atomic mass is 10.1. The fourth-order valence-electron chi connectivity index (χ4n) is 3.87. The molecule has 0 radical (unpaired) electrons. The lowest BCUT2D eigenvalue weighted by Crippen LogP contribution is -2.36. The van der Waals surface area contributed by atoms with E-state index in [-0.39, 0.29) is 5.91 Å². The molecule has 0 aliphatic carbocycles. The van der Waals surface area contributed by atoms with E-state index < -0.39 is 0 Å². The molecular weight excluding hydrogens is 356 g/mol. The zero-order valence-electron chi connectivity index (χ0n) is 15.6. The predicted octanol–water partition coefficient (Wildman–Crippen LogP) is 2.45. The number of aryl methyl sites for hydroxylation is 2. The lowest BCUT2D eigenvalue weighted by Gasteiger charge is -2.25. The highest BCUT2D eigenvalue weighted by atomic mass is 16.5. The van der Waals surface area contributed by atoms with Gasteiger partial charge in [-0.15, -0.1) is 0 Å². The number of hydrogen-bond acceptors (Lipinski definition) is 5. The van der Waals surface area contributed by atoms with E-state index in [9.17, 15) is 4.79 Å². The summed E-state index contributed by atoms with van der Waals surface area (Å²) in [6, 6.07) is 10.3. The van der Waals surface area contributed by atoms with E-state index >= 15 is 0 Å². The maximum atomic E-state index is 13.0. The standard InChI is InChI=1S/C21H22N4O3/c26-21(20-15-13-27-11-9-16(15)23-24-20)25-10-8-18-17(12-25)22-19(28-18)7-6-14-4-2-1-3-5-14/h1-5H,6-13H2,(H,23,24). The summed E-state index contributed by atoms with van der Waals surface area (Å²) in [6.07, 6.45) is 3.10. The van der Waals surface area contributed by atoms with Gasteiger partial charge in [-0.3, -0.25) is 9.89 Å². The van der Waals surface area contributed by atoms with Crippen molar-refractivity contribution < 1.29 is 13.9 Å². The molecule has 3 aromatic rings. The molecular formula is C21H22N4O3. The number of benzene rings is 1. The van der Waals surface area contributed by atoms with Crippen molar-refractivity contribution in [2.45, 2.75) is 38.8 Å². The van der Waals surface area contributed by atoms with Crippen LogP contribution in [-0.4, -0.2) is 39.1 Å². The summed E-state index contributed by atoms with van der Waals surface area (Å²) in [7, 11) is 0. The van der Waals surface area contributed by atoms with Crippen molar-refractivity contribution in [1.82, 2.24) is 20.1 Å². The van der Waals surface area contributed by atoms with Crippen LogP contribution in [-0.2, 0) is 43.6 Å². The second kappa shape index (κ2) is 7.24. The van der Waals surface area contributed by atoms with Gasteiger partial charge in [0.15, 0.2) is 11.6 Å². The van der Waals surface area contributed by atoms with Crippen molar-refractivity contribution in [3.05, 3.63) is 70.2 Å². The van der Waals surface area contributed by atoms with Crippen LogP contribution in [0.4, 0.5) is 0 Å². The van der Waals surface area contributed by atoms with Crippen LogP contribution >= 0.6 is 0 Å². The van der Waals surface area contributed by atoms with Crippen LogP contribution in [0.15, 0.2) is 34.7 Å². The summed E-state index contributed by atoms with van der Waals surface area (Å²) >= 11 is 0. The number of aromatic amines is 1. The Kier molecular flexibility index (Phi) is 4.44. The van der Waals surface area contributed by atoms with Crippen LogP contribution in [0.5, 0.6) is 0 Å². The second-order valence-corrected chi connectivity index (χ2v) is 7.27. The van der Waals surface area contributed by atoms with Gasteiger partial charge in [0.1, 0.15) is 11.5 Å². The molecule has 1 N–H and O–H groups in total. The fraction of sp³-hybridized carbons (Fsp3) is 0.381. The summed E-state index contributed by atoms with van der Waals surface area (Å²) in [5, 5.41) is 7.25. The molecule has 0 atom stereocenters. The zero-order chi connectivity index (χ0) is 18.9. The average Bonchev–Trinajstić information content (AvgIpc) is 3.35. The third-order valence-corrected chi connectivity index (χ3v) is 5.43. The molecule has 0 unspecified atom stereocenters. The van der Waals surface area contributed by atoms with E-state index in [2.05, 4.69) is 27.3 Å². The van der Waals surface area contributed by atoms with Crippen LogP contribution in [0.3, 0.4) is 0 Å². The molecule has 2 aliphatic heterocycles. The van der Waals surface area contributed by atoms with E-state index in [4.69, 9.17) is 9.15 Å². The van der Waals surface area contributed by atoms with Gasteiger partial charge in [-0.25, -0.2) is 4.98 Å². The van der Waals surface area contributed by atoms with Gasteiger partial charge in [0.25, 0.3) is 5.91 Å². The topological polar surface area (TPSA) is 84.3 Å². The minimum Gasteiger partial charge on any atom is -0.445 e. The number of carbonyl (C=O) groups excluding carboxylic acids is 1. The number of carbonyl (C=O) groups is 1. The number of nitrogens with zero attached hydrogens (tertiary/aromatic N) is 3. The average molecular weight is 378 g/mol. The number of nitrogens with one attached hydrogen (secondary N) is 1. The third-order valence-electron chi connectivity index (χ3n) is 5.43. The van der Waals surface area contributed by atoms with Crippen molar-refractivity contribution in [1.29, 1.82) is 0 Å². The second-order valence-electron chi connectivity index (χ2n) is 7.27. The largest absolute Gasteiger partial charge is 0.445 e. The van der Waals surface area contributed by atoms with Crippen LogP contribution in [0, 0.1) is 0 Å². The Morgan fingerprint density at radius 2 is 2.07 bits per heavy atom. The molecule has 28 heavy (non-hydrogen) atoms. The highest BCUT2D eigenvalue weighted by molar-refractivity contribution is 5.94. The van der Waals surface area contributed by atoms with Gasteiger partial charge in [0.2, 0.25) is 0 Å². The Bertz CT molecular complexity index is 993. The Hall–Kier alpha value is -2.93. The minimum absolute atomic E-state index is 0.0671. The van der Waals surface area contributed by atoms with E-state index in [1.54, 1.807) is 4.90 Å². The molecule has 2 aromatic heterocycles. The summed E-state index contributed by atoms with van der Waals surface area (Å²) < 4.78 is 11.4. The number of oxazole rings is 1. The Morgan fingerprint density at radius 1 is 1.18 bits per heavy atom. The van der Waals surface area contributed by atoms with E-state index in [1.807, 2.05) is 18.2 Å². The number of amides is 1. The maximum absolute atomic E-state index is 13.0. The van der Waals surface area contributed by atoms with Crippen LogP contribution in [0.2, 0.25) is 0 Å². The minimum atomic E-state index is -0.0671. The molecule has 0 bridgehead atoms. The van der Waals surface area contributed by atoms with Gasteiger partial charge in [0, 0.05) is 37.1 Å². The number of aromatic nitrogens is 3. The van der Waals surface area contributed by atoms with E-state index in [0.717, 1.165) is 47.9 Å². The molecule has 5 rings (SSSR count). The molecule has 4 heterocycles. The molecule has 2 aliphatic rings. The first-order valence-corrected chi connectivity index (χ1v) is 9.72. The summed E-state index contributed by atoms with van der Waals surface area (Å²) in [5.74, 6) is 1.58. The molecule has 1 amide bonds. The van der Waals surface area contributed by atoms with Gasteiger partial charge in [0.05, 0.1) is 19.8 Å². The van der Waals surface area contributed by atoms with Gasteiger partial charge in [-0.1, -0.05) is 30.3 Å². The lowest BCUT2D eigenvalue weighted by molar-refractivity contribution is 0.0709. The molecule has 1 aromatic carbocycles. The third kappa shape index (κ3) is 3.22. The van der Waals surface area contributed by atoms with Crippen molar-refractivity contribution in [3.8, 4) is 0 Å². The number of ether oxygens (including phenoxy) is 1. The molecule has 0 fully saturated rings. The van der Waals surface area contributed by atoms with Crippen LogP contribution in [0.1, 0.15) is 44.7 Å². The van der Waals surface area contributed by atoms with E-state index in [1.165, 1.54) is 5.56 Å². The van der Waals surface area contributed by atoms with Gasteiger partial charge < -0.3 is 14.1 Å². The van der Waals surface area contributed by atoms with Crippen molar-refractivity contribution in [2.24, 2.45) is 0 Å². The quantitative estimate of drug-likeness (QED) is 0.754. The fourth-order valence-corrected chi connectivity index (χ4v) is 3.87. The Labute approximate surface area is 162 Å². The predicted molar refractivity (Wildman–Crippen MR) is 101 cm³/mol. The van der Waals surface area contributed by atoms with Gasteiger partial charge in [-0.05, 0) is 12.0 Å². The van der Waals surface area contributed by atoms with Crippen molar-refractivity contribution >= 4 is 5.91 Å². The monoisotopic (exact) mass is 378 g/mol. The Balaban J connectivity index is 1.28. The number of fused-ring (bicyclic) bond motifs is 2. The number of H-pyrrole nitrogens is 1. The van der Waals surface area contributed by atoms with Gasteiger partial charge in [-0.2, -0.15) is 5.10 Å². The molecule has 0 saturated heterocycles. The highest BCUT2D eigenvalue weighted by Gasteiger charge is 2.30. The van der Waals surface area contributed by atoms with Crippen molar-refractivity contribution in [2.75, 3.05) is 13.2 Å². The molecule has 0 spiro atoms. The molecule has 0 saturated carbocycles. The summed E-state index contributed by atoms with van der Waals surface area (Å²) in [5.41, 5.74) is 4.51. The number of rotatable bonds is 4. The summed E-state index contributed by atoms with van der Waals surface area (Å²) in [6.45, 7) is 2.19. The smallest absolute Gasteiger partial charge is 0.275 e. The highest BCUT2D eigenvalue weighted by Crippen LogP contribution is 2.24. The van der Waals surface area contributed by atoms with Crippen LogP contribution < -0.4 is 0 Å². The summed E-state index contributed by atoms with van der Waals surface area (Å²) in [4.78, 5) is 19.4. The van der Waals surface area contributed by atoms with Crippen LogP contribution in [0.25, 0.3) is 0 Å². The SMILES string of the molecule is O=C(c1n[nH]c2c1COCC2)N1CCc2oc(CCc3ccccc3)nc2C1. The number of hydrogen-bond donors (Lipinski definition) is 1. The normalized spacial score (nSPS) is 15.9. The maximum Gasteiger partial charge on any atom is 0.275 e. The zero-order valence-corrected chi connectivity index (χ0v) is 15.6.